The highest BCUT2D eigenvalue weighted by atomic mass is 16.5. The molecule has 0 saturated carbocycles. The van der Waals surface area contributed by atoms with Crippen molar-refractivity contribution in [3.8, 4) is 0 Å². The van der Waals surface area contributed by atoms with Gasteiger partial charge in [-0.2, -0.15) is 0 Å². The van der Waals surface area contributed by atoms with E-state index < -0.39 is 35.3 Å². The molecule has 29 heavy (non-hydrogen) atoms. The number of carbonyl (C=O) groups is 4. The molecule has 0 aliphatic carbocycles. The molecule has 3 heterocycles. The van der Waals surface area contributed by atoms with Crippen LogP contribution in [0.1, 0.15) is 24.8 Å². The highest BCUT2D eigenvalue weighted by Gasteiger charge is 2.70. The van der Waals surface area contributed by atoms with Gasteiger partial charge in [-0.3, -0.25) is 29.4 Å². The van der Waals surface area contributed by atoms with Crippen LogP contribution in [0.5, 0.6) is 0 Å². The van der Waals surface area contributed by atoms with Crippen molar-refractivity contribution in [3.63, 3.8) is 0 Å². The van der Waals surface area contributed by atoms with Crippen LogP contribution >= 0.6 is 0 Å². The smallest absolute Gasteiger partial charge is 0.303 e. The van der Waals surface area contributed by atoms with Crippen molar-refractivity contribution in [1.29, 1.82) is 0 Å². The van der Waals surface area contributed by atoms with E-state index in [9.17, 15) is 19.2 Å². The number of benzene rings is 1. The number of carboxylic acid groups (broad SMARTS) is 1. The number of nitrogens with zero attached hydrogens (tertiary/aromatic N) is 1. The van der Waals surface area contributed by atoms with Gasteiger partial charge >= 0.3 is 5.97 Å². The Hall–Kier alpha value is -2.78. The Morgan fingerprint density at radius 1 is 1.24 bits per heavy atom. The second kappa shape index (κ2) is 7.23. The van der Waals surface area contributed by atoms with Gasteiger partial charge < -0.3 is 15.2 Å². The summed E-state index contributed by atoms with van der Waals surface area (Å²) < 4.78 is 5.02. The number of carboxylic acids is 1. The molecule has 0 bridgehead atoms. The Kier molecular flexibility index (Phi) is 4.87. The maximum Gasteiger partial charge on any atom is 0.303 e. The third kappa shape index (κ3) is 2.84. The molecule has 0 aromatic heterocycles. The van der Waals surface area contributed by atoms with Crippen LogP contribution in [0.4, 0.5) is 5.69 Å². The zero-order valence-electron chi connectivity index (χ0n) is 16.0. The van der Waals surface area contributed by atoms with E-state index in [4.69, 9.17) is 9.84 Å². The highest BCUT2D eigenvalue weighted by molar-refractivity contribution is 6.15. The molecule has 3 amide bonds. The zero-order chi connectivity index (χ0) is 20.8. The largest absolute Gasteiger partial charge is 0.481 e. The Morgan fingerprint density at radius 2 is 2.00 bits per heavy atom. The lowest BCUT2D eigenvalue weighted by Gasteiger charge is -2.29. The van der Waals surface area contributed by atoms with Gasteiger partial charge in [-0.1, -0.05) is 18.2 Å². The Bertz CT molecular complexity index is 887. The molecule has 1 aromatic rings. The number of amides is 3. The summed E-state index contributed by atoms with van der Waals surface area (Å²) >= 11 is 0. The number of methoxy groups -OCH3 is 1. The monoisotopic (exact) mass is 401 g/mol. The number of ether oxygens (including phenoxy) is 1. The fraction of sp³-hybridized carbons (Fsp3) is 0.500. The molecule has 2 saturated heterocycles. The van der Waals surface area contributed by atoms with Crippen LogP contribution in [0.15, 0.2) is 24.3 Å². The molecule has 4 unspecified atom stereocenters. The van der Waals surface area contributed by atoms with Crippen molar-refractivity contribution < 1.29 is 29.0 Å². The summed E-state index contributed by atoms with van der Waals surface area (Å²) in [6.07, 6.45) is 0.487. The van der Waals surface area contributed by atoms with Gasteiger partial charge in [-0.15, -0.1) is 0 Å². The minimum atomic E-state index is -1.37. The molecular weight excluding hydrogens is 378 g/mol. The first kappa shape index (κ1) is 19.5. The lowest BCUT2D eigenvalue weighted by atomic mass is 9.76. The van der Waals surface area contributed by atoms with E-state index in [0.717, 1.165) is 0 Å². The number of fused-ring (bicyclic) bond motifs is 4. The number of imide groups is 1. The number of aliphatic carboxylic acids is 1. The van der Waals surface area contributed by atoms with Crippen LogP contribution in [0.3, 0.4) is 0 Å². The van der Waals surface area contributed by atoms with Crippen LogP contribution in [0, 0.1) is 11.8 Å². The summed E-state index contributed by atoms with van der Waals surface area (Å²) in [4.78, 5) is 51.9. The van der Waals surface area contributed by atoms with Gasteiger partial charge in [0.25, 0.3) is 0 Å². The van der Waals surface area contributed by atoms with Crippen LogP contribution in [-0.4, -0.2) is 60.0 Å². The summed E-state index contributed by atoms with van der Waals surface area (Å²) in [5.41, 5.74) is -0.147. The van der Waals surface area contributed by atoms with E-state index in [1.54, 1.807) is 31.4 Å². The molecule has 1 spiro atoms. The Labute approximate surface area is 167 Å². The van der Waals surface area contributed by atoms with Crippen molar-refractivity contribution in [1.82, 2.24) is 10.2 Å². The summed E-state index contributed by atoms with van der Waals surface area (Å²) in [6.45, 7) is 0.616. The average molecular weight is 401 g/mol. The van der Waals surface area contributed by atoms with Crippen molar-refractivity contribution in [2.24, 2.45) is 11.8 Å². The number of hydrogen-bond acceptors (Lipinski definition) is 6. The van der Waals surface area contributed by atoms with E-state index >= 15 is 0 Å². The van der Waals surface area contributed by atoms with E-state index in [1.807, 2.05) is 0 Å². The normalized spacial score (nSPS) is 30.0. The van der Waals surface area contributed by atoms with Gasteiger partial charge in [0.2, 0.25) is 17.7 Å². The van der Waals surface area contributed by atoms with Crippen molar-refractivity contribution in [3.05, 3.63) is 29.8 Å². The van der Waals surface area contributed by atoms with E-state index in [0.29, 0.717) is 24.3 Å². The fourth-order valence-electron chi connectivity index (χ4n) is 4.93. The third-order valence-corrected chi connectivity index (χ3v) is 6.11. The number of para-hydroxylation sites is 1. The maximum atomic E-state index is 13.3. The van der Waals surface area contributed by atoms with Gasteiger partial charge in [0.1, 0.15) is 5.54 Å². The first-order chi connectivity index (χ1) is 13.9. The SMILES string of the molecule is COCCCN1C(=O)C2C(CCC(=O)O)NC3(C(=O)Nc4ccccc43)C2C1=O. The minimum absolute atomic E-state index is 0.151. The fourth-order valence-corrected chi connectivity index (χ4v) is 4.93. The first-order valence-corrected chi connectivity index (χ1v) is 9.66. The molecular formula is C20H23N3O6. The molecule has 3 N–H and O–H groups in total. The number of rotatable bonds is 7. The molecule has 1 aromatic carbocycles. The number of likely N-dealkylation sites (tertiary alicyclic amines) is 1. The Morgan fingerprint density at radius 3 is 2.72 bits per heavy atom. The molecule has 4 atom stereocenters. The van der Waals surface area contributed by atoms with Crippen LogP contribution < -0.4 is 10.6 Å². The molecule has 9 nitrogen and oxygen atoms in total. The third-order valence-electron chi connectivity index (χ3n) is 6.11. The second-order valence-electron chi connectivity index (χ2n) is 7.67. The average Bonchev–Trinajstić information content (AvgIpc) is 3.27. The molecule has 3 aliphatic rings. The van der Waals surface area contributed by atoms with Gasteiger partial charge in [-0.05, 0) is 18.9 Å². The lowest BCUT2D eigenvalue weighted by molar-refractivity contribution is -0.143. The summed E-state index contributed by atoms with van der Waals surface area (Å²) in [7, 11) is 1.54. The van der Waals surface area contributed by atoms with Crippen molar-refractivity contribution >= 4 is 29.4 Å². The molecule has 9 heteroatoms. The minimum Gasteiger partial charge on any atom is -0.481 e. The van der Waals surface area contributed by atoms with E-state index in [-0.39, 0.29) is 31.2 Å². The summed E-state index contributed by atoms with van der Waals surface area (Å²) in [5, 5.41) is 15.1. The van der Waals surface area contributed by atoms with Crippen molar-refractivity contribution in [2.45, 2.75) is 30.8 Å². The van der Waals surface area contributed by atoms with Gasteiger partial charge in [0, 0.05) is 44.0 Å². The van der Waals surface area contributed by atoms with Crippen LogP contribution in [0.25, 0.3) is 0 Å². The van der Waals surface area contributed by atoms with Crippen LogP contribution in [-0.2, 0) is 29.5 Å². The van der Waals surface area contributed by atoms with Gasteiger partial charge in [0.15, 0.2) is 0 Å². The van der Waals surface area contributed by atoms with E-state index in [1.165, 1.54) is 4.90 Å². The van der Waals surface area contributed by atoms with Crippen LogP contribution in [0.2, 0.25) is 0 Å². The number of anilines is 1. The molecule has 154 valence electrons. The predicted molar refractivity (Wildman–Crippen MR) is 101 cm³/mol. The lowest BCUT2D eigenvalue weighted by Crippen LogP contribution is -2.53. The van der Waals surface area contributed by atoms with Gasteiger partial charge in [-0.25, -0.2) is 0 Å². The second-order valence-corrected chi connectivity index (χ2v) is 7.67. The van der Waals surface area contributed by atoms with E-state index in [2.05, 4.69) is 10.6 Å². The zero-order valence-corrected chi connectivity index (χ0v) is 16.0. The molecule has 3 aliphatic heterocycles. The number of nitrogens with one attached hydrogen (secondary N) is 2. The molecule has 4 rings (SSSR count). The highest BCUT2D eigenvalue weighted by Crippen LogP contribution is 2.53. The first-order valence-electron chi connectivity index (χ1n) is 9.66. The number of hydrogen-bond donors (Lipinski definition) is 3. The molecule has 0 radical (unpaired) electrons. The maximum absolute atomic E-state index is 13.3. The summed E-state index contributed by atoms with van der Waals surface area (Å²) in [6, 6.07) is 6.49. The standard InChI is InChI=1S/C20H23N3O6/c1-29-10-4-9-23-17(26)15-13(7-8-14(24)25)22-20(16(15)18(23)27)11-5-2-3-6-12(11)21-19(20)28/h2-3,5-6,13,15-16,22H,4,7-10H2,1H3,(H,21,28)(H,24,25). The van der Waals surface area contributed by atoms with Crippen molar-refractivity contribution in [2.75, 3.05) is 25.6 Å². The van der Waals surface area contributed by atoms with Gasteiger partial charge in [0.05, 0.1) is 11.8 Å². The molecule has 2 fully saturated rings. The predicted octanol–water partition coefficient (Wildman–Crippen LogP) is 0.308. The summed E-state index contributed by atoms with van der Waals surface area (Å²) in [5.74, 6) is -3.80. The topological polar surface area (TPSA) is 125 Å². The quantitative estimate of drug-likeness (QED) is 0.443. The Balaban J connectivity index is 1.75. The number of carbonyl (C=O) groups excluding carboxylic acids is 3.